The highest BCUT2D eigenvalue weighted by Gasteiger charge is 2.24. The number of carbonyl (C=O) groups is 2. The Labute approximate surface area is 219 Å². The van der Waals surface area contributed by atoms with E-state index < -0.39 is 5.91 Å². The highest BCUT2D eigenvalue weighted by atomic mass is 35.5. The molecule has 1 aliphatic heterocycles. The smallest absolute Gasteiger partial charge is 0.259 e. The number of rotatable bonds is 5. The van der Waals surface area contributed by atoms with Crippen molar-refractivity contribution < 1.29 is 14.3 Å². The van der Waals surface area contributed by atoms with Gasteiger partial charge in [-0.2, -0.15) is 0 Å². The molecule has 0 aromatic heterocycles. The van der Waals surface area contributed by atoms with Crippen molar-refractivity contribution in [3.63, 3.8) is 0 Å². The molecule has 1 fully saturated rings. The van der Waals surface area contributed by atoms with Crippen LogP contribution < -0.4 is 15.0 Å². The van der Waals surface area contributed by atoms with Gasteiger partial charge in [-0.05, 0) is 48.9 Å². The van der Waals surface area contributed by atoms with Gasteiger partial charge in [-0.15, -0.1) is 0 Å². The molecule has 0 saturated carbocycles. The fourth-order valence-corrected chi connectivity index (χ4v) is 4.98. The van der Waals surface area contributed by atoms with E-state index in [9.17, 15) is 9.59 Å². The van der Waals surface area contributed by atoms with E-state index in [2.05, 4.69) is 10.2 Å². The highest BCUT2D eigenvalue weighted by Crippen LogP contribution is 2.34. The van der Waals surface area contributed by atoms with Gasteiger partial charge in [0.25, 0.3) is 11.8 Å². The van der Waals surface area contributed by atoms with Crippen LogP contribution in [-0.4, -0.2) is 50.0 Å². The van der Waals surface area contributed by atoms with Crippen LogP contribution in [-0.2, 0) is 0 Å². The number of benzene rings is 3. The fraction of sp³-hybridized carbons (Fsp3) is 0.231. The van der Waals surface area contributed by atoms with E-state index in [1.807, 2.05) is 42.2 Å². The molecule has 4 rings (SSSR count). The predicted molar refractivity (Wildman–Crippen MR) is 142 cm³/mol. The van der Waals surface area contributed by atoms with Crippen molar-refractivity contribution in [3.05, 3.63) is 86.4 Å². The quantitative estimate of drug-likeness (QED) is 0.426. The average molecular weight is 533 g/mol. The van der Waals surface area contributed by atoms with Crippen LogP contribution in [0.5, 0.6) is 5.75 Å². The van der Waals surface area contributed by atoms with E-state index in [4.69, 9.17) is 39.5 Å². The van der Waals surface area contributed by atoms with E-state index in [0.717, 1.165) is 16.8 Å². The number of piperazine rings is 1. The predicted octanol–water partition coefficient (Wildman–Crippen LogP) is 6.18. The zero-order valence-electron chi connectivity index (χ0n) is 19.3. The Hall–Kier alpha value is -2.93. The molecular formula is C26H24Cl3N3O3. The molecule has 35 heavy (non-hydrogen) atoms. The second-order valence-corrected chi connectivity index (χ2v) is 9.43. The number of nitrogens with one attached hydrogen (secondary N) is 1. The molecule has 0 radical (unpaired) electrons. The summed E-state index contributed by atoms with van der Waals surface area (Å²) in [6, 6.07) is 16.0. The third-order valence-corrected chi connectivity index (χ3v) is 6.75. The van der Waals surface area contributed by atoms with Gasteiger partial charge in [0, 0.05) is 42.5 Å². The summed E-state index contributed by atoms with van der Waals surface area (Å²) in [4.78, 5) is 29.7. The highest BCUT2D eigenvalue weighted by molar-refractivity contribution is 6.36. The Morgan fingerprint density at radius 2 is 1.60 bits per heavy atom. The number of ether oxygens (including phenoxy) is 1. The standard InChI is InChI=1S/C26H24Cl3N3O3/c1-16-5-3-4-6-19(16)26(34)32-11-9-31(10-12-32)23-8-7-18(15-21(23)28)30-25(33)20-13-17(27)14-22(29)24(20)35-2/h3-8,13-15H,9-12H2,1-2H3,(H,30,33). The first-order chi connectivity index (χ1) is 16.8. The molecule has 1 N–H and O–H groups in total. The van der Waals surface area contributed by atoms with Gasteiger partial charge >= 0.3 is 0 Å². The zero-order chi connectivity index (χ0) is 25.1. The fourth-order valence-electron chi connectivity index (χ4n) is 4.11. The van der Waals surface area contributed by atoms with Gasteiger partial charge in [0.2, 0.25) is 0 Å². The van der Waals surface area contributed by atoms with Crippen molar-refractivity contribution in [3.8, 4) is 5.75 Å². The van der Waals surface area contributed by atoms with Crippen molar-refractivity contribution in [2.24, 2.45) is 0 Å². The number of hydrogen-bond acceptors (Lipinski definition) is 4. The molecule has 0 aliphatic carbocycles. The second-order valence-electron chi connectivity index (χ2n) is 8.18. The van der Waals surface area contributed by atoms with E-state index in [0.29, 0.717) is 41.9 Å². The van der Waals surface area contributed by atoms with Crippen LogP contribution in [0.25, 0.3) is 0 Å². The van der Waals surface area contributed by atoms with Crippen LogP contribution in [0, 0.1) is 6.92 Å². The first-order valence-corrected chi connectivity index (χ1v) is 12.2. The van der Waals surface area contributed by atoms with Gasteiger partial charge in [-0.1, -0.05) is 53.0 Å². The average Bonchev–Trinajstić information content (AvgIpc) is 2.84. The number of amides is 2. The number of aryl methyl sites for hydroxylation is 1. The second kappa shape index (κ2) is 10.8. The third kappa shape index (κ3) is 5.50. The Bertz CT molecular complexity index is 1270. The normalized spacial score (nSPS) is 13.5. The minimum atomic E-state index is -0.418. The summed E-state index contributed by atoms with van der Waals surface area (Å²) >= 11 is 18.8. The van der Waals surface area contributed by atoms with Crippen LogP contribution in [0.1, 0.15) is 26.3 Å². The van der Waals surface area contributed by atoms with Crippen molar-refractivity contribution >= 4 is 58.0 Å². The number of carbonyl (C=O) groups excluding carboxylic acids is 2. The molecular weight excluding hydrogens is 509 g/mol. The lowest BCUT2D eigenvalue weighted by Gasteiger charge is -2.36. The summed E-state index contributed by atoms with van der Waals surface area (Å²) in [5.41, 5.74) is 3.29. The Kier molecular flexibility index (Phi) is 7.75. The number of methoxy groups -OCH3 is 1. The minimum Gasteiger partial charge on any atom is -0.494 e. The van der Waals surface area contributed by atoms with Crippen LogP contribution >= 0.6 is 34.8 Å². The number of nitrogens with zero attached hydrogens (tertiary/aromatic N) is 2. The zero-order valence-corrected chi connectivity index (χ0v) is 21.5. The van der Waals surface area contributed by atoms with Gasteiger partial charge in [0.1, 0.15) is 5.75 Å². The van der Waals surface area contributed by atoms with Crippen LogP contribution in [0.3, 0.4) is 0 Å². The summed E-state index contributed by atoms with van der Waals surface area (Å²) < 4.78 is 5.26. The topological polar surface area (TPSA) is 61.9 Å². The SMILES string of the molecule is COc1c(Cl)cc(Cl)cc1C(=O)Nc1ccc(N2CCN(C(=O)c3ccccc3C)CC2)c(Cl)c1. The van der Waals surface area contributed by atoms with Crippen LogP contribution in [0.2, 0.25) is 15.1 Å². The largest absolute Gasteiger partial charge is 0.494 e. The first-order valence-electron chi connectivity index (χ1n) is 11.0. The number of anilines is 2. The van der Waals surface area contributed by atoms with Gasteiger partial charge in [-0.3, -0.25) is 9.59 Å². The summed E-state index contributed by atoms with van der Waals surface area (Å²) in [6.45, 7) is 4.44. The van der Waals surface area contributed by atoms with Gasteiger partial charge in [-0.25, -0.2) is 0 Å². The van der Waals surface area contributed by atoms with Gasteiger partial charge in [0.15, 0.2) is 0 Å². The molecule has 0 atom stereocenters. The van der Waals surface area contributed by atoms with Crippen LogP contribution in [0.4, 0.5) is 11.4 Å². The molecule has 1 saturated heterocycles. The minimum absolute atomic E-state index is 0.0449. The molecule has 9 heteroatoms. The van der Waals surface area contributed by atoms with Gasteiger partial charge < -0.3 is 19.9 Å². The van der Waals surface area contributed by atoms with E-state index in [-0.39, 0.29) is 22.2 Å². The summed E-state index contributed by atoms with van der Waals surface area (Å²) in [7, 11) is 1.44. The van der Waals surface area contributed by atoms with Crippen molar-refractivity contribution in [2.75, 3.05) is 43.5 Å². The maximum absolute atomic E-state index is 12.9. The molecule has 3 aromatic carbocycles. The third-order valence-electron chi connectivity index (χ3n) is 5.95. The molecule has 1 aliphatic rings. The molecule has 0 spiro atoms. The molecule has 0 bridgehead atoms. The summed E-state index contributed by atoms with van der Waals surface area (Å²) in [6.07, 6.45) is 0. The number of halogens is 3. The number of hydrogen-bond donors (Lipinski definition) is 1. The van der Waals surface area contributed by atoms with E-state index in [1.54, 1.807) is 12.1 Å². The molecule has 6 nitrogen and oxygen atoms in total. The molecule has 0 unspecified atom stereocenters. The van der Waals surface area contributed by atoms with Crippen molar-refractivity contribution in [1.29, 1.82) is 0 Å². The van der Waals surface area contributed by atoms with Crippen molar-refractivity contribution in [1.82, 2.24) is 4.90 Å². The summed E-state index contributed by atoms with van der Waals surface area (Å²) in [5, 5.41) is 3.89. The lowest BCUT2D eigenvalue weighted by atomic mass is 10.1. The first kappa shape index (κ1) is 25.2. The van der Waals surface area contributed by atoms with E-state index >= 15 is 0 Å². The maximum atomic E-state index is 12.9. The van der Waals surface area contributed by atoms with Gasteiger partial charge in [0.05, 0.1) is 28.4 Å². The molecule has 3 aromatic rings. The molecule has 2 amide bonds. The lowest BCUT2D eigenvalue weighted by molar-refractivity contribution is 0.0746. The van der Waals surface area contributed by atoms with Crippen LogP contribution in [0.15, 0.2) is 54.6 Å². The monoisotopic (exact) mass is 531 g/mol. The Morgan fingerprint density at radius 1 is 0.886 bits per heavy atom. The maximum Gasteiger partial charge on any atom is 0.259 e. The van der Waals surface area contributed by atoms with Crippen molar-refractivity contribution in [2.45, 2.75) is 6.92 Å². The van der Waals surface area contributed by atoms with E-state index in [1.165, 1.54) is 19.2 Å². The molecule has 182 valence electrons. The Balaban J connectivity index is 1.43. The lowest BCUT2D eigenvalue weighted by Crippen LogP contribution is -2.49. The summed E-state index contributed by atoms with van der Waals surface area (Å²) in [5.74, 6) is -0.128. The molecule has 1 heterocycles. The Morgan fingerprint density at radius 3 is 2.26 bits per heavy atom.